The lowest BCUT2D eigenvalue weighted by atomic mass is 9.98. The van der Waals surface area contributed by atoms with E-state index < -0.39 is 0 Å². The lowest BCUT2D eigenvalue weighted by Crippen LogP contribution is -2.35. The molecular formula is C10H13Cl2N3O. The van der Waals surface area contributed by atoms with Crippen LogP contribution in [0, 0.1) is 5.92 Å². The van der Waals surface area contributed by atoms with E-state index in [4.69, 9.17) is 28.3 Å². The largest absolute Gasteiger partial charge is 0.396 e. The molecule has 6 heteroatoms. The van der Waals surface area contributed by atoms with Crippen molar-refractivity contribution < 1.29 is 5.11 Å². The Kier molecular flexibility index (Phi) is 3.84. The molecule has 2 heterocycles. The van der Waals surface area contributed by atoms with Gasteiger partial charge in [0, 0.05) is 19.7 Å². The van der Waals surface area contributed by atoms with Crippen LogP contribution < -0.4 is 4.90 Å². The first-order valence-corrected chi connectivity index (χ1v) is 6.00. The third-order valence-electron chi connectivity index (χ3n) is 2.87. The second-order valence-corrected chi connectivity index (χ2v) is 4.67. The Labute approximate surface area is 104 Å². The molecule has 0 bridgehead atoms. The first-order chi connectivity index (χ1) is 7.70. The molecule has 0 radical (unpaired) electrons. The lowest BCUT2D eigenvalue weighted by molar-refractivity contribution is 0.203. The monoisotopic (exact) mass is 261 g/mol. The third-order valence-corrected chi connectivity index (χ3v) is 3.32. The van der Waals surface area contributed by atoms with Crippen LogP contribution in [0.3, 0.4) is 0 Å². The van der Waals surface area contributed by atoms with Crippen molar-refractivity contribution in [2.45, 2.75) is 12.8 Å². The quantitative estimate of drug-likeness (QED) is 0.828. The van der Waals surface area contributed by atoms with Crippen LogP contribution in [0.15, 0.2) is 6.20 Å². The van der Waals surface area contributed by atoms with E-state index in [1.807, 2.05) is 0 Å². The van der Waals surface area contributed by atoms with Crippen LogP contribution in [0.4, 0.5) is 5.82 Å². The highest BCUT2D eigenvalue weighted by atomic mass is 35.5. The molecule has 1 aromatic rings. The molecule has 1 N–H and O–H groups in total. The molecule has 0 atom stereocenters. The average molecular weight is 262 g/mol. The molecule has 0 amide bonds. The van der Waals surface area contributed by atoms with Gasteiger partial charge in [0.25, 0.3) is 0 Å². The zero-order valence-electron chi connectivity index (χ0n) is 8.74. The Morgan fingerprint density at radius 2 is 2.06 bits per heavy atom. The number of piperidine rings is 1. The van der Waals surface area contributed by atoms with Crippen LogP contribution in [0.25, 0.3) is 0 Å². The number of aliphatic hydroxyl groups is 1. The number of anilines is 1. The van der Waals surface area contributed by atoms with E-state index in [1.165, 1.54) is 6.20 Å². The third kappa shape index (κ3) is 2.56. The van der Waals surface area contributed by atoms with Crippen molar-refractivity contribution in [3.63, 3.8) is 0 Å². The fraction of sp³-hybridized carbons (Fsp3) is 0.600. The normalized spacial score (nSPS) is 17.8. The molecule has 2 rings (SSSR count). The SMILES string of the molecule is OCC1CCN(c2nc(Cl)ncc2Cl)CC1. The lowest BCUT2D eigenvalue weighted by Gasteiger charge is -2.32. The fourth-order valence-corrected chi connectivity index (χ4v) is 2.23. The Balaban J connectivity index is 2.10. The summed E-state index contributed by atoms with van der Waals surface area (Å²) in [6.07, 6.45) is 3.42. The summed E-state index contributed by atoms with van der Waals surface area (Å²) in [5.74, 6) is 1.09. The van der Waals surface area contributed by atoms with Gasteiger partial charge in [-0.15, -0.1) is 0 Å². The van der Waals surface area contributed by atoms with Gasteiger partial charge < -0.3 is 10.0 Å². The molecule has 0 aromatic carbocycles. The minimum atomic E-state index is 0.212. The van der Waals surface area contributed by atoms with Gasteiger partial charge >= 0.3 is 0 Å². The zero-order valence-corrected chi connectivity index (χ0v) is 10.2. The number of nitrogens with zero attached hydrogens (tertiary/aromatic N) is 3. The molecule has 1 aromatic heterocycles. The van der Waals surface area contributed by atoms with Crippen molar-refractivity contribution in [3.05, 3.63) is 16.5 Å². The van der Waals surface area contributed by atoms with Crippen molar-refractivity contribution in [3.8, 4) is 0 Å². The molecule has 1 saturated heterocycles. The van der Waals surface area contributed by atoms with E-state index in [1.54, 1.807) is 0 Å². The molecule has 4 nitrogen and oxygen atoms in total. The molecule has 1 fully saturated rings. The number of halogens is 2. The molecule has 88 valence electrons. The first kappa shape index (κ1) is 11.9. The summed E-state index contributed by atoms with van der Waals surface area (Å²) in [5.41, 5.74) is 0. The summed E-state index contributed by atoms with van der Waals surface area (Å²) in [4.78, 5) is 10.0. The fourth-order valence-electron chi connectivity index (χ4n) is 1.89. The number of hydrogen-bond acceptors (Lipinski definition) is 4. The van der Waals surface area contributed by atoms with E-state index in [-0.39, 0.29) is 11.9 Å². The number of hydrogen-bond donors (Lipinski definition) is 1. The standard InChI is InChI=1S/C10H13Cl2N3O/c11-8-5-13-10(12)14-9(8)15-3-1-7(6-16)2-4-15/h5,7,16H,1-4,6H2. The summed E-state index contributed by atoms with van der Waals surface area (Å²) >= 11 is 11.8. The molecule has 1 aliphatic rings. The van der Waals surface area contributed by atoms with Crippen molar-refractivity contribution in [1.29, 1.82) is 0 Å². The van der Waals surface area contributed by atoms with Gasteiger partial charge in [0.05, 0.1) is 6.20 Å². The summed E-state index contributed by atoms with van der Waals surface area (Å²) in [7, 11) is 0. The molecule has 0 spiro atoms. The number of aromatic nitrogens is 2. The summed E-state index contributed by atoms with van der Waals surface area (Å²) in [6.45, 7) is 1.95. The first-order valence-electron chi connectivity index (χ1n) is 5.24. The maximum atomic E-state index is 9.06. The van der Waals surface area contributed by atoms with Gasteiger partial charge in [-0.05, 0) is 30.4 Å². The topological polar surface area (TPSA) is 49.2 Å². The minimum Gasteiger partial charge on any atom is -0.396 e. The van der Waals surface area contributed by atoms with E-state index in [0.717, 1.165) is 25.9 Å². The van der Waals surface area contributed by atoms with Gasteiger partial charge in [0.1, 0.15) is 5.02 Å². The molecule has 0 saturated carbocycles. The van der Waals surface area contributed by atoms with Crippen molar-refractivity contribution in [2.75, 3.05) is 24.6 Å². The summed E-state index contributed by atoms with van der Waals surface area (Å²) < 4.78 is 0. The van der Waals surface area contributed by atoms with Gasteiger partial charge in [-0.1, -0.05) is 11.6 Å². The number of aliphatic hydroxyl groups excluding tert-OH is 1. The van der Waals surface area contributed by atoms with Crippen LogP contribution in [0.5, 0.6) is 0 Å². The maximum absolute atomic E-state index is 9.06. The summed E-state index contributed by atoms with van der Waals surface area (Å²) in [6, 6.07) is 0. The molecular weight excluding hydrogens is 249 g/mol. The van der Waals surface area contributed by atoms with E-state index in [0.29, 0.717) is 16.8 Å². The minimum absolute atomic E-state index is 0.212. The highest BCUT2D eigenvalue weighted by Crippen LogP contribution is 2.27. The predicted molar refractivity (Wildman–Crippen MR) is 64.1 cm³/mol. The zero-order chi connectivity index (χ0) is 11.5. The van der Waals surface area contributed by atoms with Gasteiger partial charge in [-0.25, -0.2) is 4.98 Å². The van der Waals surface area contributed by atoms with E-state index in [9.17, 15) is 0 Å². The molecule has 16 heavy (non-hydrogen) atoms. The smallest absolute Gasteiger partial charge is 0.224 e. The highest BCUT2D eigenvalue weighted by molar-refractivity contribution is 6.33. The predicted octanol–water partition coefficient (Wildman–Crippen LogP) is 1.99. The maximum Gasteiger partial charge on any atom is 0.224 e. The van der Waals surface area contributed by atoms with Crippen LogP contribution >= 0.6 is 23.2 Å². The van der Waals surface area contributed by atoms with Gasteiger partial charge in [0.15, 0.2) is 5.82 Å². The Bertz CT molecular complexity index is 367. The van der Waals surface area contributed by atoms with Gasteiger partial charge in [0.2, 0.25) is 5.28 Å². The van der Waals surface area contributed by atoms with Crippen LogP contribution in [0.1, 0.15) is 12.8 Å². The molecule has 1 aliphatic heterocycles. The Morgan fingerprint density at radius 3 is 2.69 bits per heavy atom. The Hall–Kier alpha value is -0.580. The average Bonchev–Trinajstić information content (AvgIpc) is 2.32. The second-order valence-electron chi connectivity index (χ2n) is 3.92. The second kappa shape index (κ2) is 5.17. The molecule has 0 aliphatic carbocycles. The van der Waals surface area contributed by atoms with Crippen molar-refractivity contribution in [1.82, 2.24) is 9.97 Å². The highest BCUT2D eigenvalue weighted by Gasteiger charge is 2.21. The van der Waals surface area contributed by atoms with Crippen molar-refractivity contribution >= 4 is 29.0 Å². The van der Waals surface area contributed by atoms with Crippen LogP contribution in [-0.4, -0.2) is 34.8 Å². The molecule has 0 unspecified atom stereocenters. The van der Waals surface area contributed by atoms with Crippen LogP contribution in [0.2, 0.25) is 10.3 Å². The summed E-state index contributed by atoms with van der Waals surface area (Å²) in [5, 5.41) is 9.79. The van der Waals surface area contributed by atoms with E-state index in [2.05, 4.69) is 14.9 Å². The van der Waals surface area contributed by atoms with E-state index >= 15 is 0 Å². The van der Waals surface area contributed by atoms with Crippen molar-refractivity contribution in [2.24, 2.45) is 5.92 Å². The van der Waals surface area contributed by atoms with Crippen LogP contribution in [-0.2, 0) is 0 Å². The van der Waals surface area contributed by atoms with Gasteiger partial charge in [-0.3, -0.25) is 0 Å². The number of rotatable bonds is 2. The van der Waals surface area contributed by atoms with Gasteiger partial charge in [-0.2, -0.15) is 4.98 Å². The Morgan fingerprint density at radius 1 is 1.38 bits per heavy atom.